The SMILES string of the molecule is C=C(C)CC(=C)C(=O)OC.O=c1[nH]c(=O)[nH]c(=O)[nH]1. The predicted octanol–water partition coefficient (Wildman–Crippen LogP) is -0.567. The van der Waals surface area contributed by atoms with E-state index in [-0.39, 0.29) is 5.97 Å². The van der Waals surface area contributed by atoms with Gasteiger partial charge in [-0.15, -0.1) is 0 Å². The van der Waals surface area contributed by atoms with Crippen LogP contribution in [0.2, 0.25) is 0 Å². The molecular weight excluding hydrogens is 254 g/mol. The summed E-state index contributed by atoms with van der Waals surface area (Å²) in [6.45, 7) is 9.01. The number of allylic oxidation sites excluding steroid dienone is 1. The molecule has 0 spiro atoms. The third-order valence-corrected chi connectivity index (χ3v) is 1.67. The molecule has 0 aromatic carbocycles. The zero-order valence-corrected chi connectivity index (χ0v) is 10.7. The zero-order valence-electron chi connectivity index (χ0n) is 10.7. The number of aromatic nitrogens is 3. The third-order valence-electron chi connectivity index (χ3n) is 1.67. The van der Waals surface area contributed by atoms with E-state index in [0.29, 0.717) is 12.0 Å². The summed E-state index contributed by atoms with van der Waals surface area (Å²) in [6, 6.07) is 0. The Bertz CT molecular complexity index is 556. The van der Waals surface area contributed by atoms with Crippen LogP contribution < -0.4 is 17.1 Å². The van der Waals surface area contributed by atoms with Crippen LogP contribution in [-0.4, -0.2) is 28.0 Å². The molecule has 0 aliphatic rings. The minimum Gasteiger partial charge on any atom is -0.466 e. The van der Waals surface area contributed by atoms with Gasteiger partial charge in [0.1, 0.15) is 0 Å². The Kier molecular flexibility index (Phi) is 6.58. The van der Waals surface area contributed by atoms with Gasteiger partial charge in [0.2, 0.25) is 0 Å². The number of esters is 1. The van der Waals surface area contributed by atoms with Crippen molar-refractivity contribution in [2.75, 3.05) is 7.11 Å². The normalized spacial score (nSPS) is 8.95. The molecule has 0 aliphatic carbocycles. The van der Waals surface area contributed by atoms with Crippen molar-refractivity contribution in [3.63, 3.8) is 0 Å². The first-order valence-corrected chi connectivity index (χ1v) is 5.09. The molecule has 0 radical (unpaired) electrons. The lowest BCUT2D eigenvalue weighted by atomic mass is 10.1. The molecule has 0 atom stereocenters. The van der Waals surface area contributed by atoms with Crippen LogP contribution in [0.5, 0.6) is 0 Å². The smallest absolute Gasteiger partial charge is 0.333 e. The summed E-state index contributed by atoms with van der Waals surface area (Å²) in [5.74, 6) is -0.358. The number of hydrogen-bond acceptors (Lipinski definition) is 5. The number of methoxy groups -OCH3 is 1. The van der Waals surface area contributed by atoms with E-state index >= 15 is 0 Å². The first-order chi connectivity index (χ1) is 8.76. The fourth-order valence-corrected chi connectivity index (χ4v) is 0.984. The van der Waals surface area contributed by atoms with Gasteiger partial charge < -0.3 is 4.74 Å². The monoisotopic (exact) mass is 269 g/mol. The van der Waals surface area contributed by atoms with Gasteiger partial charge >= 0.3 is 23.0 Å². The number of rotatable bonds is 3. The van der Waals surface area contributed by atoms with Gasteiger partial charge in [-0.05, 0) is 13.3 Å². The van der Waals surface area contributed by atoms with Crippen molar-refractivity contribution in [2.45, 2.75) is 13.3 Å². The van der Waals surface area contributed by atoms with Crippen molar-refractivity contribution in [1.82, 2.24) is 15.0 Å². The Morgan fingerprint density at radius 3 is 1.68 bits per heavy atom. The van der Waals surface area contributed by atoms with Crippen LogP contribution >= 0.6 is 0 Å². The van der Waals surface area contributed by atoms with E-state index in [4.69, 9.17) is 0 Å². The van der Waals surface area contributed by atoms with Gasteiger partial charge in [0, 0.05) is 5.57 Å². The van der Waals surface area contributed by atoms with Crippen molar-refractivity contribution in [3.05, 3.63) is 55.8 Å². The Balaban J connectivity index is 0.000000342. The number of H-pyrrole nitrogens is 3. The maximum atomic E-state index is 10.7. The van der Waals surface area contributed by atoms with E-state index in [1.807, 2.05) is 6.92 Å². The maximum absolute atomic E-state index is 10.7. The highest BCUT2D eigenvalue weighted by Crippen LogP contribution is 2.06. The van der Waals surface area contributed by atoms with E-state index in [1.165, 1.54) is 7.11 Å². The van der Waals surface area contributed by atoms with Crippen molar-refractivity contribution in [2.24, 2.45) is 0 Å². The summed E-state index contributed by atoms with van der Waals surface area (Å²) in [5, 5.41) is 0. The molecule has 1 rings (SSSR count). The summed E-state index contributed by atoms with van der Waals surface area (Å²) in [5.41, 5.74) is -1.04. The standard InChI is InChI=1S/C8H12O2.C3H3N3O3/c1-6(2)5-7(3)8(9)10-4;7-1-4-2(8)6-3(9)5-1/h1,3,5H2,2,4H3;(H3,4,5,6,7,8,9). The average Bonchev–Trinajstić information content (AvgIpc) is 2.25. The van der Waals surface area contributed by atoms with Gasteiger partial charge in [-0.1, -0.05) is 18.7 Å². The van der Waals surface area contributed by atoms with Crippen molar-refractivity contribution in [3.8, 4) is 0 Å². The lowest BCUT2D eigenvalue weighted by Gasteiger charge is -2.00. The number of ether oxygens (including phenoxy) is 1. The molecule has 1 aromatic heterocycles. The highest BCUT2D eigenvalue weighted by atomic mass is 16.5. The van der Waals surface area contributed by atoms with E-state index < -0.39 is 17.1 Å². The number of carbonyl (C=O) groups is 1. The quantitative estimate of drug-likeness (QED) is 0.385. The van der Waals surface area contributed by atoms with Gasteiger partial charge in [-0.2, -0.15) is 0 Å². The lowest BCUT2D eigenvalue weighted by molar-refractivity contribution is -0.136. The third kappa shape index (κ3) is 7.31. The Hall–Kier alpha value is -2.64. The summed E-state index contributed by atoms with van der Waals surface area (Å²) >= 11 is 0. The summed E-state index contributed by atoms with van der Waals surface area (Å²) < 4.78 is 4.43. The number of aromatic amines is 3. The highest BCUT2D eigenvalue weighted by molar-refractivity contribution is 5.87. The van der Waals surface area contributed by atoms with Gasteiger partial charge in [0.25, 0.3) is 0 Å². The molecule has 1 aromatic rings. The van der Waals surface area contributed by atoms with Crippen molar-refractivity contribution >= 4 is 5.97 Å². The van der Waals surface area contributed by atoms with Gasteiger partial charge in [0.15, 0.2) is 0 Å². The van der Waals surface area contributed by atoms with Gasteiger partial charge in [-0.25, -0.2) is 19.2 Å². The molecule has 0 amide bonds. The summed E-state index contributed by atoms with van der Waals surface area (Å²) in [6.07, 6.45) is 0.521. The molecule has 0 saturated carbocycles. The Morgan fingerprint density at radius 1 is 1.05 bits per heavy atom. The topological polar surface area (TPSA) is 125 Å². The second-order valence-electron chi connectivity index (χ2n) is 3.59. The van der Waals surface area contributed by atoms with E-state index in [0.717, 1.165) is 5.57 Å². The van der Waals surface area contributed by atoms with E-state index in [2.05, 4.69) is 17.9 Å². The molecular formula is C11H15N3O5. The molecule has 8 nitrogen and oxygen atoms in total. The zero-order chi connectivity index (χ0) is 15.0. The largest absolute Gasteiger partial charge is 0.466 e. The minimum absolute atomic E-state index is 0.358. The number of hydrogen-bond donors (Lipinski definition) is 3. The van der Waals surface area contributed by atoms with Crippen LogP contribution in [0.4, 0.5) is 0 Å². The molecule has 8 heteroatoms. The van der Waals surface area contributed by atoms with Crippen LogP contribution in [-0.2, 0) is 9.53 Å². The molecule has 0 aliphatic heterocycles. The average molecular weight is 269 g/mol. The fraction of sp³-hybridized carbons (Fsp3) is 0.273. The minimum atomic E-state index is -0.802. The van der Waals surface area contributed by atoms with Crippen molar-refractivity contribution < 1.29 is 9.53 Å². The maximum Gasteiger partial charge on any atom is 0.333 e. The molecule has 0 bridgehead atoms. The lowest BCUT2D eigenvalue weighted by Crippen LogP contribution is -2.34. The molecule has 1 heterocycles. The fourth-order valence-electron chi connectivity index (χ4n) is 0.984. The van der Waals surface area contributed by atoms with E-state index in [9.17, 15) is 19.2 Å². The van der Waals surface area contributed by atoms with Crippen LogP contribution in [0.3, 0.4) is 0 Å². The van der Waals surface area contributed by atoms with Crippen LogP contribution in [0, 0.1) is 0 Å². The molecule has 19 heavy (non-hydrogen) atoms. The predicted molar refractivity (Wildman–Crippen MR) is 68.9 cm³/mol. The molecule has 104 valence electrons. The second-order valence-corrected chi connectivity index (χ2v) is 3.59. The number of carbonyl (C=O) groups excluding carboxylic acids is 1. The van der Waals surface area contributed by atoms with Crippen LogP contribution in [0.15, 0.2) is 38.7 Å². The van der Waals surface area contributed by atoms with Crippen molar-refractivity contribution in [1.29, 1.82) is 0 Å². The highest BCUT2D eigenvalue weighted by Gasteiger charge is 2.04. The first-order valence-electron chi connectivity index (χ1n) is 5.09. The second kappa shape index (κ2) is 7.64. The molecule has 0 unspecified atom stereocenters. The van der Waals surface area contributed by atoms with Gasteiger partial charge in [0.05, 0.1) is 7.11 Å². The van der Waals surface area contributed by atoms with Gasteiger partial charge in [-0.3, -0.25) is 15.0 Å². The first kappa shape index (κ1) is 16.4. The van der Waals surface area contributed by atoms with Crippen LogP contribution in [0.25, 0.3) is 0 Å². The summed E-state index contributed by atoms with van der Waals surface area (Å²) in [7, 11) is 1.34. The number of nitrogens with one attached hydrogen (secondary N) is 3. The molecule has 3 N–H and O–H groups in total. The van der Waals surface area contributed by atoms with E-state index in [1.54, 1.807) is 15.0 Å². The summed E-state index contributed by atoms with van der Waals surface area (Å²) in [4.78, 5) is 46.6. The van der Waals surface area contributed by atoms with Crippen LogP contribution in [0.1, 0.15) is 13.3 Å². The Morgan fingerprint density at radius 2 is 1.42 bits per heavy atom. The molecule has 0 fully saturated rings. The molecule has 0 saturated heterocycles. The Labute approximate surface area is 107 Å².